The topological polar surface area (TPSA) is 29.9 Å². The van der Waals surface area contributed by atoms with Crippen molar-refractivity contribution in [3.63, 3.8) is 0 Å². The van der Waals surface area contributed by atoms with Gasteiger partial charge in [0.2, 0.25) is 0 Å². The van der Waals surface area contributed by atoms with Crippen LogP contribution in [0.3, 0.4) is 0 Å². The van der Waals surface area contributed by atoms with Crippen molar-refractivity contribution in [2.45, 2.75) is 33.4 Å². The average molecular weight is 228 g/mol. The van der Waals surface area contributed by atoms with E-state index >= 15 is 0 Å². The minimum Gasteiger partial charge on any atom is -0.306 e. The Morgan fingerprint density at radius 2 is 2.33 bits per heavy atom. The van der Waals surface area contributed by atoms with E-state index in [0.29, 0.717) is 11.6 Å². The van der Waals surface area contributed by atoms with Gasteiger partial charge in [0.15, 0.2) is 0 Å². The normalized spacial score (nSPS) is 10.6. The molecule has 1 aromatic heterocycles. The standard InChI is InChI=1S/C11H18ClN3/c1-4-10-6-11(15(5-2)14-10)8-13-7-9(3)12/h6,13H,3-5,7-8H2,1-2H3. The zero-order valence-corrected chi connectivity index (χ0v) is 10.1. The molecule has 0 aromatic carbocycles. The van der Waals surface area contributed by atoms with Crippen molar-refractivity contribution in [3.8, 4) is 0 Å². The Morgan fingerprint density at radius 1 is 1.60 bits per heavy atom. The minimum atomic E-state index is 0.633. The van der Waals surface area contributed by atoms with E-state index in [-0.39, 0.29) is 0 Å². The molecular formula is C11H18ClN3. The van der Waals surface area contributed by atoms with E-state index in [1.807, 2.05) is 4.68 Å². The number of halogens is 1. The Kier molecular flexibility index (Phi) is 4.85. The van der Waals surface area contributed by atoms with Gasteiger partial charge in [0.25, 0.3) is 0 Å². The van der Waals surface area contributed by atoms with Gasteiger partial charge in [-0.05, 0) is 19.4 Å². The minimum absolute atomic E-state index is 0.633. The van der Waals surface area contributed by atoms with Gasteiger partial charge in [-0.25, -0.2) is 0 Å². The molecule has 15 heavy (non-hydrogen) atoms. The van der Waals surface area contributed by atoms with Crippen LogP contribution in [-0.4, -0.2) is 16.3 Å². The molecule has 0 fully saturated rings. The summed E-state index contributed by atoms with van der Waals surface area (Å²) in [5.41, 5.74) is 2.34. The van der Waals surface area contributed by atoms with E-state index in [0.717, 1.165) is 25.2 Å². The number of hydrogen-bond donors (Lipinski definition) is 1. The van der Waals surface area contributed by atoms with Crippen molar-refractivity contribution in [2.75, 3.05) is 6.54 Å². The van der Waals surface area contributed by atoms with Crippen molar-refractivity contribution in [1.29, 1.82) is 0 Å². The third kappa shape index (κ3) is 3.68. The van der Waals surface area contributed by atoms with E-state index in [1.165, 1.54) is 5.69 Å². The number of hydrogen-bond acceptors (Lipinski definition) is 2. The molecule has 1 aromatic rings. The van der Waals surface area contributed by atoms with Crippen molar-refractivity contribution in [2.24, 2.45) is 0 Å². The van der Waals surface area contributed by atoms with Crippen LogP contribution in [0.15, 0.2) is 17.7 Å². The van der Waals surface area contributed by atoms with Gasteiger partial charge >= 0.3 is 0 Å². The third-order valence-electron chi connectivity index (χ3n) is 2.20. The van der Waals surface area contributed by atoms with Crippen LogP contribution in [0.25, 0.3) is 0 Å². The largest absolute Gasteiger partial charge is 0.306 e. The molecule has 0 spiro atoms. The summed E-state index contributed by atoms with van der Waals surface area (Å²) >= 11 is 5.67. The maximum Gasteiger partial charge on any atom is 0.0625 e. The lowest BCUT2D eigenvalue weighted by atomic mass is 10.3. The molecule has 0 radical (unpaired) electrons. The lowest BCUT2D eigenvalue weighted by Gasteiger charge is -2.05. The quantitative estimate of drug-likeness (QED) is 0.809. The van der Waals surface area contributed by atoms with Crippen LogP contribution >= 0.6 is 11.6 Å². The summed E-state index contributed by atoms with van der Waals surface area (Å²) in [7, 11) is 0. The van der Waals surface area contributed by atoms with Gasteiger partial charge in [0, 0.05) is 24.7 Å². The average Bonchev–Trinajstić information content (AvgIpc) is 2.60. The predicted octanol–water partition coefficient (Wildman–Crippen LogP) is 2.31. The molecule has 84 valence electrons. The van der Waals surface area contributed by atoms with Crippen LogP contribution in [0.1, 0.15) is 25.2 Å². The SMILES string of the molecule is C=C(Cl)CNCc1cc(CC)nn1CC. The highest BCUT2D eigenvalue weighted by molar-refractivity contribution is 6.29. The van der Waals surface area contributed by atoms with Gasteiger partial charge in [-0.1, -0.05) is 25.1 Å². The molecule has 0 saturated heterocycles. The van der Waals surface area contributed by atoms with Crippen molar-refractivity contribution >= 4 is 11.6 Å². The summed E-state index contributed by atoms with van der Waals surface area (Å²) in [5.74, 6) is 0. The number of nitrogens with one attached hydrogen (secondary N) is 1. The molecule has 1 heterocycles. The Balaban J connectivity index is 2.58. The second-order valence-electron chi connectivity index (χ2n) is 3.42. The fraction of sp³-hybridized carbons (Fsp3) is 0.545. The van der Waals surface area contributed by atoms with Crippen LogP contribution < -0.4 is 5.32 Å². The van der Waals surface area contributed by atoms with E-state index in [9.17, 15) is 0 Å². The van der Waals surface area contributed by atoms with Crippen LogP contribution in [0.4, 0.5) is 0 Å². The lowest BCUT2D eigenvalue weighted by molar-refractivity contribution is 0.589. The fourth-order valence-electron chi connectivity index (χ4n) is 1.43. The Hall–Kier alpha value is -0.800. The van der Waals surface area contributed by atoms with Crippen LogP contribution in [-0.2, 0) is 19.5 Å². The monoisotopic (exact) mass is 227 g/mol. The highest BCUT2D eigenvalue weighted by Crippen LogP contribution is 2.05. The lowest BCUT2D eigenvalue weighted by Crippen LogP contribution is -2.17. The molecule has 1 N–H and O–H groups in total. The Morgan fingerprint density at radius 3 is 2.87 bits per heavy atom. The molecule has 0 aliphatic carbocycles. The molecule has 0 atom stereocenters. The number of rotatable bonds is 6. The molecular weight excluding hydrogens is 210 g/mol. The molecule has 0 unspecified atom stereocenters. The first-order valence-corrected chi connectivity index (χ1v) is 5.64. The molecule has 0 aliphatic rings. The number of nitrogens with zero attached hydrogens (tertiary/aromatic N) is 2. The summed E-state index contributed by atoms with van der Waals surface area (Å²) in [5, 5.41) is 8.32. The molecule has 3 nitrogen and oxygen atoms in total. The maximum atomic E-state index is 5.67. The molecule has 0 aliphatic heterocycles. The molecule has 0 bridgehead atoms. The van der Waals surface area contributed by atoms with Gasteiger partial charge in [-0.3, -0.25) is 4.68 Å². The van der Waals surface area contributed by atoms with E-state index < -0.39 is 0 Å². The van der Waals surface area contributed by atoms with E-state index in [4.69, 9.17) is 11.6 Å². The summed E-state index contributed by atoms with van der Waals surface area (Å²) in [6.45, 7) is 10.2. The summed E-state index contributed by atoms with van der Waals surface area (Å²) < 4.78 is 2.02. The first-order chi connectivity index (χ1) is 7.17. The summed E-state index contributed by atoms with van der Waals surface area (Å²) in [6, 6.07) is 2.13. The van der Waals surface area contributed by atoms with Crippen molar-refractivity contribution < 1.29 is 0 Å². The maximum absolute atomic E-state index is 5.67. The number of aryl methyl sites for hydroxylation is 2. The molecule has 0 amide bonds. The zero-order valence-electron chi connectivity index (χ0n) is 9.39. The second-order valence-corrected chi connectivity index (χ2v) is 3.95. The van der Waals surface area contributed by atoms with Gasteiger partial charge in [0.05, 0.1) is 11.4 Å². The molecule has 1 rings (SSSR count). The van der Waals surface area contributed by atoms with Gasteiger partial charge in [0.1, 0.15) is 0 Å². The van der Waals surface area contributed by atoms with Crippen LogP contribution in [0, 0.1) is 0 Å². The zero-order chi connectivity index (χ0) is 11.3. The van der Waals surface area contributed by atoms with E-state index in [1.54, 1.807) is 0 Å². The van der Waals surface area contributed by atoms with Gasteiger partial charge < -0.3 is 5.32 Å². The van der Waals surface area contributed by atoms with Crippen molar-refractivity contribution in [3.05, 3.63) is 29.1 Å². The van der Waals surface area contributed by atoms with Gasteiger partial charge in [-0.2, -0.15) is 5.10 Å². The summed E-state index contributed by atoms with van der Waals surface area (Å²) in [6.07, 6.45) is 0.974. The highest BCUT2D eigenvalue weighted by atomic mass is 35.5. The molecule has 0 saturated carbocycles. The smallest absolute Gasteiger partial charge is 0.0625 e. The van der Waals surface area contributed by atoms with Crippen LogP contribution in [0.2, 0.25) is 0 Å². The van der Waals surface area contributed by atoms with Gasteiger partial charge in [-0.15, -0.1) is 0 Å². The third-order valence-corrected chi connectivity index (χ3v) is 2.33. The Labute approximate surface area is 96.1 Å². The molecule has 4 heteroatoms. The predicted molar refractivity (Wildman–Crippen MR) is 64.0 cm³/mol. The first kappa shape index (κ1) is 12.3. The van der Waals surface area contributed by atoms with Crippen molar-refractivity contribution in [1.82, 2.24) is 15.1 Å². The van der Waals surface area contributed by atoms with E-state index in [2.05, 4.69) is 36.9 Å². The second kappa shape index (κ2) is 5.93. The number of aromatic nitrogens is 2. The fourth-order valence-corrected chi connectivity index (χ4v) is 1.52. The summed E-state index contributed by atoms with van der Waals surface area (Å²) in [4.78, 5) is 0. The van der Waals surface area contributed by atoms with Crippen LogP contribution in [0.5, 0.6) is 0 Å². The highest BCUT2D eigenvalue weighted by Gasteiger charge is 2.04. The Bertz CT molecular complexity index is 331. The first-order valence-electron chi connectivity index (χ1n) is 5.27.